The lowest BCUT2D eigenvalue weighted by Gasteiger charge is -2.17. The van der Waals surface area contributed by atoms with Crippen molar-refractivity contribution in [1.82, 2.24) is 9.97 Å². The zero-order valence-electron chi connectivity index (χ0n) is 16.7. The molecule has 1 aromatic heterocycles. The largest absolute Gasteiger partial charge is 0.462 e. The number of rotatable bonds is 6. The molecule has 5 heteroatoms. The quantitative estimate of drug-likeness (QED) is 0.577. The van der Waals surface area contributed by atoms with Crippen LogP contribution in [0.5, 0.6) is 0 Å². The molecule has 0 atom stereocenters. The van der Waals surface area contributed by atoms with Gasteiger partial charge in [0, 0.05) is 22.5 Å². The number of carbonyl (C=O) groups excluding carboxylic acids is 1. The summed E-state index contributed by atoms with van der Waals surface area (Å²) >= 11 is 0. The predicted molar refractivity (Wildman–Crippen MR) is 112 cm³/mol. The minimum atomic E-state index is -0.318. The number of hydrogen-bond donors (Lipinski definition) is 1. The standard InChI is InChI=1S/C23H25N3O2/c1-5-28-23(27)18-11-13-19(14-12-18)25-22-20(15(2)3)16(4)24-21(26-22)17-9-7-6-8-10-17/h6-15H,5H2,1-4H3,(H,24,25,26). The number of hydrogen-bond acceptors (Lipinski definition) is 5. The minimum Gasteiger partial charge on any atom is -0.462 e. The van der Waals surface area contributed by atoms with Gasteiger partial charge >= 0.3 is 5.97 Å². The van der Waals surface area contributed by atoms with E-state index >= 15 is 0 Å². The molecule has 0 radical (unpaired) electrons. The highest BCUT2D eigenvalue weighted by molar-refractivity contribution is 5.89. The van der Waals surface area contributed by atoms with Crippen LogP contribution in [0.1, 0.15) is 48.3 Å². The highest BCUT2D eigenvalue weighted by Crippen LogP contribution is 2.30. The van der Waals surface area contributed by atoms with E-state index in [0.29, 0.717) is 18.0 Å². The van der Waals surface area contributed by atoms with Gasteiger partial charge in [-0.25, -0.2) is 14.8 Å². The molecule has 0 bridgehead atoms. The Morgan fingerprint density at radius 1 is 1.04 bits per heavy atom. The van der Waals surface area contributed by atoms with E-state index in [-0.39, 0.29) is 11.9 Å². The summed E-state index contributed by atoms with van der Waals surface area (Å²) in [6, 6.07) is 17.2. The van der Waals surface area contributed by atoms with Gasteiger partial charge in [-0.2, -0.15) is 0 Å². The summed E-state index contributed by atoms with van der Waals surface area (Å²) < 4.78 is 5.04. The number of aromatic nitrogens is 2. The van der Waals surface area contributed by atoms with Crippen molar-refractivity contribution in [2.75, 3.05) is 11.9 Å². The highest BCUT2D eigenvalue weighted by atomic mass is 16.5. The Morgan fingerprint density at radius 2 is 1.71 bits per heavy atom. The Hall–Kier alpha value is -3.21. The van der Waals surface area contributed by atoms with Crippen LogP contribution in [0.4, 0.5) is 11.5 Å². The van der Waals surface area contributed by atoms with Crippen LogP contribution in [0.3, 0.4) is 0 Å². The van der Waals surface area contributed by atoms with Gasteiger partial charge in [-0.3, -0.25) is 0 Å². The summed E-state index contributed by atoms with van der Waals surface area (Å²) in [5, 5.41) is 3.40. The van der Waals surface area contributed by atoms with Crippen molar-refractivity contribution >= 4 is 17.5 Å². The molecule has 0 unspecified atom stereocenters. The van der Waals surface area contributed by atoms with Crippen molar-refractivity contribution in [1.29, 1.82) is 0 Å². The van der Waals surface area contributed by atoms with Gasteiger partial charge in [0.1, 0.15) is 5.82 Å². The average Bonchev–Trinajstić information content (AvgIpc) is 2.68. The van der Waals surface area contributed by atoms with Crippen molar-refractivity contribution in [3.63, 3.8) is 0 Å². The van der Waals surface area contributed by atoms with E-state index in [1.807, 2.05) is 49.4 Å². The van der Waals surface area contributed by atoms with Gasteiger partial charge in [0.05, 0.1) is 12.2 Å². The van der Waals surface area contributed by atoms with Crippen LogP contribution >= 0.6 is 0 Å². The Kier molecular flexibility index (Phi) is 6.04. The maximum Gasteiger partial charge on any atom is 0.338 e. The third kappa shape index (κ3) is 4.36. The van der Waals surface area contributed by atoms with Crippen molar-refractivity contribution in [3.05, 3.63) is 71.4 Å². The summed E-state index contributed by atoms with van der Waals surface area (Å²) in [6.45, 7) is 8.42. The second kappa shape index (κ2) is 8.65. The molecule has 0 saturated carbocycles. The van der Waals surface area contributed by atoms with Gasteiger partial charge in [0.25, 0.3) is 0 Å². The fourth-order valence-electron chi connectivity index (χ4n) is 3.13. The van der Waals surface area contributed by atoms with E-state index in [1.165, 1.54) is 0 Å². The Balaban J connectivity index is 1.96. The third-order valence-corrected chi connectivity index (χ3v) is 4.40. The Labute approximate surface area is 165 Å². The fraction of sp³-hybridized carbons (Fsp3) is 0.261. The predicted octanol–water partition coefficient (Wildman–Crippen LogP) is 5.50. The van der Waals surface area contributed by atoms with E-state index in [9.17, 15) is 4.79 Å². The number of aryl methyl sites for hydroxylation is 1. The summed E-state index contributed by atoms with van der Waals surface area (Å²) in [7, 11) is 0. The number of benzene rings is 2. The van der Waals surface area contributed by atoms with E-state index in [1.54, 1.807) is 19.1 Å². The lowest BCUT2D eigenvalue weighted by Crippen LogP contribution is -2.08. The number of carbonyl (C=O) groups is 1. The first-order valence-corrected chi connectivity index (χ1v) is 9.47. The van der Waals surface area contributed by atoms with Crippen LogP contribution < -0.4 is 5.32 Å². The maximum absolute atomic E-state index is 11.8. The lowest BCUT2D eigenvalue weighted by molar-refractivity contribution is 0.0526. The molecule has 3 aromatic rings. The SMILES string of the molecule is CCOC(=O)c1ccc(Nc2nc(-c3ccccc3)nc(C)c2C(C)C)cc1. The molecule has 0 aliphatic heterocycles. The van der Waals surface area contributed by atoms with Crippen LogP contribution in [0.25, 0.3) is 11.4 Å². The maximum atomic E-state index is 11.8. The second-order valence-electron chi connectivity index (χ2n) is 6.84. The van der Waals surface area contributed by atoms with Gasteiger partial charge in [0.15, 0.2) is 5.82 Å². The molecule has 5 nitrogen and oxygen atoms in total. The molecule has 2 aromatic carbocycles. The van der Waals surface area contributed by atoms with Gasteiger partial charge in [-0.05, 0) is 44.0 Å². The minimum absolute atomic E-state index is 0.270. The molecular weight excluding hydrogens is 350 g/mol. The molecule has 144 valence electrons. The van der Waals surface area contributed by atoms with Crippen LogP contribution in [-0.4, -0.2) is 22.5 Å². The van der Waals surface area contributed by atoms with Gasteiger partial charge < -0.3 is 10.1 Å². The number of ether oxygens (including phenoxy) is 1. The summed E-state index contributed by atoms with van der Waals surface area (Å²) in [6.07, 6.45) is 0. The Morgan fingerprint density at radius 3 is 2.32 bits per heavy atom. The third-order valence-electron chi connectivity index (χ3n) is 4.40. The van der Waals surface area contributed by atoms with Crippen LogP contribution in [0.2, 0.25) is 0 Å². The molecule has 3 rings (SSSR count). The molecule has 0 spiro atoms. The van der Waals surface area contributed by atoms with Gasteiger partial charge in [0.2, 0.25) is 0 Å². The average molecular weight is 375 g/mol. The fourth-order valence-corrected chi connectivity index (χ4v) is 3.13. The number of anilines is 2. The highest BCUT2D eigenvalue weighted by Gasteiger charge is 2.16. The van der Waals surface area contributed by atoms with Gasteiger partial charge in [-0.15, -0.1) is 0 Å². The smallest absolute Gasteiger partial charge is 0.338 e. The molecule has 0 aliphatic carbocycles. The van der Waals surface area contributed by atoms with Gasteiger partial charge in [-0.1, -0.05) is 44.2 Å². The molecule has 1 heterocycles. The molecule has 0 amide bonds. The molecular formula is C23H25N3O2. The first-order chi connectivity index (χ1) is 13.5. The number of esters is 1. The van der Waals surface area contributed by atoms with Crippen molar-refractivity contribution in [2.45, 2.75) is 33.6 Å². The van der Waals surface area contributed by atoms with E-state index in [0.717, 1.165) is 28.3 Å². The van der Waals surface area contributed by atoms with Crippen molar-refractivity contribution in [2.24, 2.45) is 0 Å². The van der Waals surface area contributed by atoms with Crippen LogP contribution in [0.15, 0.2) is 54.6 Å². The van der Waals surface area contributed by atoms with E-state index in [2.05, 4.69) is 19.2 Å². The summed E-state index contributed by atoms with van der Waals surface area (Å²) in [5.41, 5.74) is 4.39. The van der Waals surface area contributed by atoms with Crippen molar-refractivity contribution < 1.29 is 9.53 Å². The summed E-state index contributed by atoms with van der Waals surface area (Å²) in [4.78, 5) is 21.3. The first-order valence-electron chi connectivity index (χ1n) is 9.47. The lowest BCUT2D eigenvalue weighted by atomic mass is 10.0. The molecule has 28 heavy (non-hydrogen) atoms. The molecule has 0 saturated heterocycles. The normalized spacial score (nSPS) is 10.8. The summed E-state index contributed by atoms with van der Waals surface area (Å²) in [5.74, 6) is 1.42. The molecule has 1 N–H and O–H groups in total. The van der Waals surface area contributed by atoms with Crippen LogP contribution in [-0.2, 0) is 4.74 Å². The molecule has 0 aliphatic rings. The zero-order valence-corrected chi connectivity index (χ0v) is 16.7. The van der Waals surface area contributed by atoms with E-state index < -0.39 is 0 Å². The first kappa shape index (κ1) is 19.5. The number of nitrogens with zero attached hydrogens (tertiary/aromatic N) is 2. The monoisotopic (exact) mass is 375 g/mol. The Bertz CT molecular complexity index is 952. The van der Waals surface area contributed by atoms with E-state index in [4.69, 9.17) is 14.7 Å². The van der Waals surface area contributed by atoms with Crippen LogP contribution in [0, 0.1) is 6.92 Å². The topological polar surface area (TPSA) is 64.1 Å². The molecule has 0 fully saturated rings. The second-order valence-corrected chi connectivity index (χ2v) is 6.84. The zero-order chi connectivity index (χ0) is 20.1. The van der Waals surface area contributed by atoms with Crippen molar-refractivity contribution in [3.8, 4) is 11.4 Å². The number of nitrogens with one attached hydrogen (secondary N) is 1.